The Morgan fingerprint density at radius 1 is 0.921 bits per heavy atom. The van der Waals surface area contributed by atoms with E-state index < -0.39 is 0 Å². The van der Waals surface area contributed by atoms with Crippen molar-refractivity contribution in [2.45, 2.75) is 6.61 Å². The summed E-state index contributed by atoms with van der Waals surface area (Å²) >= 11 is 7.08. The van der Waals surface area contributed by atoms with Crippen LogP contribution >= 0.6 is 31.9 Å². The maximum atomic E-state index is 13.9. The van der Waals surface area contributed by atoms with Crippen molar-refractivity contribution in [2.75, 3.05) is 67.8 Å². The van der Waals surface area contributed by atoms with Crippen LogP contribution in [0.3, 0.4) is 0 Å². The van der Waals surface area contributed by atoms with E-state index in [9.17, 15) is 4.39 Å². The van der Waals surface area contributed by atoms with Gasteiger partial charge >= 0.3 is 0 Å². The van der Waals surface area contributed by atoms with E-state index in [2.05, 4.69) is 62.2 Å². The van der Waals surface area contributed by atoms with Gasteiger partial charge in [-0.05, 0) is 55.6 Å². The van der Waals surface area contributed by atoms with Gasteiger partial charge in [-0.2, -0.15) is 20.1 Å². The summed E-state index contributed by atoms with van der Waals surface area (Å²) in [7, 11) is 0. The van der Waals surface area contributed by atoms with E-state index in [1.54, 1.807) is 24.4 Å². The smallest absolute Gasteiger partial charge is 0.250 e. The first-order valence-corrected chi connectivity index (χ1v) is 13.7. The van der Waals surface area contributed by atoms with E-state index in [0.717, 1.165) is 5.56 Å². The lowest BCUT2D eigenvalue weighted by Gasteiger charge is -2.30. The van der Waals surface area contributed by atoms with Crippen molar-refractivity contribution >= 4 is 55.9 Å². The van der Waals surface area contributed by atoms with Crippen molar-refractivity contribution in [2.24, 2.45) is 5.10 Å². The molecule has 2 fully saturated rings. The molecule has 1 N–H and O–H groups in total. The van der Waals surface area contributed by atoms with Gasteiger partial charge in [-0.25, -0.2) is 9.82 Å². The van der Waals surface area contributed by atoms with Crippen LogP contribution in [-0.4, -0.2) is 73.8 Å². The molecule has 10 nitrogen and oxygen atoms in total. The van der Waals surface area contributed by atoms with Gasteiger partial charge < -0.3 is 24.0 Å². The topological polar surface area (TPSA) is 97.2 Å². The van der Waals surface area contributed by atoms with E-state index in [1.165, 1.54) is 6.07 Å². The van der Waals surface area contributed by atoms with Crippen LogP contribution in [0, 0.1) is 5.82 Å². The van der Waals surface area contributed by atoms with Crippen LogP contribution < -0.4 is 20.0 Å². The summed E-state index contributed by atoms with van der Waals surface area (Å²) < 4.78 is 32.1. The van der Waals surface area contributed by atoms with Crippen LogP contribution in [0.15, 0.2) is 50.4 Å². The average molecular weight is 651 g/mol. The number of ether oxygens (including phenoxy) is 3. The molecule has 13 heteroatoms. The zero-order chi connectivity index (χ0) is 26.3. The number of hydrogen-bond acceptors (Lipinski definition) is 10. The van der Waals surface area contributed by atoms with Gasteiger partial charge in [0.05, 0.1) is 41.6 Å². The Balaban J connectivity index is 1.30. The van der Waals surface area contributed by atoms with Crippen molar-refractivity contribution in [3.63, 3.8) is 0 Å². The van der Waals surface area contributed by atoms with Gasteiger partial charge in [0.15, 0.2) is 0 Å². The number of morpholine rings is 2. The highest BCUT2D eigenvalue weighted by molar-refractivity contribution is 9.11. The largest absolute Gasteiger partial charge is 0.486 e. The molecule has 1 aromatic heterocycles. The Morgan fingerprint density at radius 3 is 2.08 bits per heavy atom. The van der Waals surface area contributed by atoms with Gasteiger partial charge in [0.2, 0.25) is 17.8 Å². The number of aromatic nitrogens is 3. The summed E-state index contributed by atoms with van der Waals surface area (Å²) in [5.74, 6) is 1.79. The van der Waals surface area contributed by atoms with Crippen molar-refractivity contribution in [1.29, 1.82) is 0 Å². The van der Waals surface area contributed by atoms with Gasteiger partial charge in [0, 0.05) is 31.7 Å². The minimum Gasteiger partial charge on any atom is -0.486 e. The molecule has 0 spiro atoms. The normalized spacial score (nSPS) is 16.2. The maximum absolute atomic E-state index is 13.9. The third kappa shape index (κ3) is 6.76. The van der Waals surface area contributed by atoms with Crippen LogP contribution in [0.4, 0.5) is 22.2 Å². The van der Waals surface area contributed by atoms with Gasteiger partial charge in [-0.15, -0.1) is 0 Å². The first kappa shape index (κ1) is 26.7. The number of hydrogen-bond donors (Lipinski definition) is 1. The fraction of sp³-hybridized carbons (Fsp3) is 0.360. The van der Waals surface area contributed by atoms with E-state index >= 15 is 0 Å². The summed E-state index contributed by atoms with van der Waals surface area (Å²) in [6.07, 6.45) is 1.66. The summed E-state index contributed by atoms with van der Waals surface area (Å²) in [4.78, 5) is 18.0. The van der Waals surface area contributed by atoms with Crippen molar-refractivity contribution in [3.05, 3.63) is 62.3 Å². The number of anilines is 3. The number of benzene rings is 2. The molecular weight excluding hydrogens is 625 g/mol. The minimum atomic E-state index is -0.304. The summed E-state index contributed by atoms with van der Waals surface area (Å²) in [6, 6.07) is 10.3. The lowest BCUT2D eigenvalue weighted by atomic mass is 10.2. The summed E-state index contributed by atoms with van der Waals surface area (Å²) in [5, 5.41) is 4.36. The predicted molar refractivity (Wildman–Crippen MR) is 150 cm³/mol. The number of halogens is 3. The van der Waals surface area contributed by atoms with Crippen LogP contribution in [0.5, 0.6) is 5.75 Å². The summed E-state index contributed by atoms with van der Waals surface area (Å²) in [6.45, 7) is 5.46. The van der Waals surface area contributed by atoms with Crippen molar-refractivity contribution in [1.82, 2.24) is 15.0 Å². The number of hydrazone groups is 1. The zero-order valence-corrected chi connectivity index (χ0v) is 23.6. The molecule has 3 heterocycles. The molecule has 5 rings (SSSR count). The van der Waals surface area contributed by atoms with Crippen LogP contribution in [-0.2, 0) is 16.1 Å². The van der Waals surface area contributed by atoms with Gasteiger partial charge in [0.1, 0.15) is 18.2 Å². The Bertz CT molecular complexity index is 1230. The molecule has 0 radical (unpaired) electrons. The SMILES string of the molecule is Fc1ccccc1COc1c(Br)cc(/C=N/Nc2nc(N3CCOCC3)nc(N3CCOCC3)n2)cc1Br. The quantitative estimate of drug-likeness (QED) is 0.284. The van der Waals surface area contributed by atoms with Crippen molar-refractivity contribution in [3.8, 4) is 5.75 Å². The Labute approximate surface area is 236 Å². The van der Waals surface area contributed by atoms with Gasteiger partial charge in [-0.1, -0.05) is 18.2 Å². The standard InChI is InChI=1S/C25H26Br2FN7O3/c26-19-13-17(14-20(27)22(19)38-16-18-3-1-2-4-21(18)28)15-29-33-23-30-24(34-5-9-36-10-6-34)32-25(31-23)35-7-11-37-12-8-35/h1-4,13-15H,5-12,16H2,(H,30,31,32,33)/b29-15+. The van der Waals surface area contributed by atoms with Crippen molar-refractivity contribution < 1.29 is 18.6 Å². The predicted octanol–water partition coefficient (Wildman–Crippen LogP) is 4.23. The number of rotatable bonds is 8. The third-order valence-electron chi connectivity index (χ3n) is 5.93. The zero-order valence-electron chi connectivity index (χ0n) is 20.4. The molecule has 0 bridgehead atoms. The first-order chi connectivity index (χ1) is 18.6. The van der Waals surface area contributed by atoms with Gasteiger partial charge in [0.25, 0.3) is 0 Å². The third-order valence-corrected chi connectivity index (χ3v) is 7.11. The molecule has 2 saturated heterocycles. The van der Waals surface area contributed by atoms with Gasteiger partial charge in [-0.3, -0.25) is 0 Å². The van der Waals surface area contributed by atoms with E-state index in [4.69, 9.17) is 19.2 Å². The molecule has 200 valence electrons. The lowest BCUT2D eigenvalue weighted by Crippen LogP contribution is -2.40. The molecule has 0 atom stereocenters. The van der Waals surface area contributed by atoms with E-state index in [-0.39, 0.29) is 12.4 Å². The Morgan fingerprint density at radius 2 is 1.50 bits per heavy atom. The highest BCUT2D eigenvalue weighted by Crippen LogP contribution is 2.35. The molecular formula is C25H26Br2FN7O3. The molecule has 0 amide bonds. The Kier molecular flexibility index (Phi) is 8.99. The second kappa shape index (κ2) is 12.8. The molecule has 0 saturated carbocycles. The highest BCUT2D eigenvalue weighted by atomic mass is 79.9. The fourth-order valence-electron chi connectivity index (χ4n) is 3.94. The fourth-order valence-corrected chi connectivity index (χ4v) is 5.39. The number of nitrogens with one attached hydrogen (secondary N) is 1. The monoisotopic (exact) mass is 649 g/mol. The summed E-state index contributed by atoms with van der Waals surface area (Å²) in [5.41, 5.74) is 4.22. The van der Waals surface area contributed by atoms with Crippen LogP contribution in [0.2, 0.25) is 0 Å². The second-order valence-corrected chi connectivity index (χ2v) is 10.2. The molecule has 2 aliphatic rings. The molecule has 38 heavy (non-hydrogen) atoms. The minimum absolute atomic E-state index is 0.106. The van der Waals surface area contributed by atoms with E-state index in [1.807, 2.05) is 12.1 Å². The van der Waals surface area contributed by atoms with Crippen LogP contribution in [0.1, 0.15) is 11.1 Å². The molecule has 0 aliphatic carbocycles. The molecule has 0 unspecified atom stereocenters. The van der Waals surface area contributed by atoms with Crippen LogP contribution in [0.25, 0.3) is 0 Å². The highest BCUT2D eigenvalue weighted by Gasteiger charge is 2.20. The lowest BCUT2D eigenvalue weighted by molar-refractivity contribution is 0.121. The second-order valence-electron chi connectivity index (χ2n) is 8.52. The molecule has 2 aromatic carbocycles. The van der Waals surface area contributed by atoms with E-state index in [0.29, 0.717) is 90.7 Å². The maximum Gasteiger partial charge on any atom is 0.250 e. The molecule has 3 aromatic rings. The number of nitrogens with zero attached hydrogens (tertiary/aromatic N) is 6. The Hall–Kier alpha value is -2.87. The average Bonchev–Trinajstić information content (AvgIpc) is 2.94. The first-order valence-electron chi connectivity index (χ1n) is 12.1. The molecule has 2 aliphatic heterocycles.